The van der Waals surface area contributed by atoms with Crippen molar-refractivity contribution in [3.05, 3.63) is 72.5 Å². The lowest BCUT2D eigenvalue weighted by molar-refractivity contribution is -0.120. The van der Waals surface area contributed by atoms with E-state index in [9.17, 15) is 13.2 Å². The Hall–Kier alpha value is -3.90. The maximum absolute atomic E-state index is 13.0. The van der Waals surface area contributed by atoms with E-state index >= 15 is 0 Å². The highest BCUT2D eigenvalue weighted by atomic mass is 32.2. The molecule has 36 heavy (non-hydrogen) atoms. The third-order valence-corrected chi connectivity index (χ3v) is 7.98. The minimum Gasteiger partial charge on any atom is -0.354 e. The van der Waals surface area contributed by atoms with Crippen molar-refractivity contribution in [2.75, 3.05) is 28.0 Å². The van der Waals surface area contributed by atoms with Gasteiger partial charge in [-0.3, -0.25) is 14.5 Å². The molecule has 3 aromatic heterocycles. The fourth-order valence-electron chi connectivity index (χ4n) is 3.97. The van der Waals surface area contributed by atoms with Crippen molar-refractivity contribution < 1.29 is 13.2 Å². The summed E-state index contributed by atoms with van der Waals surface area (Å²) in [5.74, 6) is 0.382. The predicted molar refractivity (Wildman–Crippen MR) is 138 cm³/mol. The van der Waals surface area contributed by atoms with Gasteiger partial charge in [0, 0.05) is 48.3 Å². The zero-order chi connectivity index (χ0) is 25.0. The summed E-state index contributed by atoms with van der Waals surface area (Å²) in [5.41, 5.74) is 2.17. The number of hydrogen-bond donors (Lipinski definition) is 2. The Morgan fingerprint density at radius 3 is 2.61 bits per heavy atom. The van der Waals surface area contributed by atoms with Crippen molar-refractivity contribution in [3.63, 3.8) is 0 Å². The molecule has 1 unspecified atom stereocenters. The topological polar surface area (TPSA) is 130 Å². The number of benzene rings is 1. The fourth-order valence-corrected chi connectivity index (χ4v) is 5.76. The third-order valence-electron chi connectivity index (χ3n) is 5.81. The number of rotatable bonds is 7. The maximum Gasteiger partial charge on any atom is 0.263 e. The van der Waals surface area contributed by atoms with Gasteiger partial charge in [0.05, 0.1) is 16.5 Å². The highest BCUT2D eigenvalue weighted by molar-refractivity contribution is 7.93. The quantitative estimate of drug-likeness (QED) is 0.377. The molecule has 4 aromatic rings. The van der Waals surface area contributed by atoms with Crippen LogP contribution in [-0.4, -0.2) is 47.6 Å². The summed E-state index contributed by atoms with van der Waals surface area (Å²) in [4.78, 5) is 23.2. The first kappa shape index (κ1) is 23.8. The number of carbonyl (C=O) groups is 1. The zero-order valence-corrected chi connectivity index (χ0v) is 20.7. The second-order valence-corrected chi connectivity index (χ2v) is 10.8. The standard InChI is InChI=1S/C24H23N7O3S2/c32-23(27-19-5-7-20(8-6-19)36(33,34)30-24-26-12-14-35-24)18-4-2-13-31(16-18)22-10-9-21(28-29-22)17-3-1-11-25-15-17/h1,3,5-12,14-15,18H,2,4,13,16H2,(H,26,30)(H,27,32). The van der Waals surface area contributed by atoms with Gasteiger partial charge >= 0.3 is 0 Å². The van der Waals surface area contributed by atoms with E-state index < -0.39 is 10.0 Å². The molecule has 0 spiro atoms. The summed E-state index contributed by atoms with van der Waals surface area (Å²) in [6.07, 6.45) is 6.58. The van der Waals surface area contributed by atoms with Gasteiger partial charge in [-0.25, -0.2) is 13.4 Å². The number of anilines is 3. The number of nitrogens with one attached hydrogen (secondary N) is 2. The monoisotopic (exact) mass is 521 g/mol. The summed E-state index contributed by atoms with van der Waals surface area (Å²) >= 11 is 1.20. The van der Waals surface area contributed by atoms with E-state index in [1.165, 1.54) is 29.7 Å². The molecule has 184 valence electrons. The fraction of sp³-hybridized carbons (Fsp3) is 0.208. The minimum absolute atomic E-state index is 0.0906. The Balaban J connectivity index is 1.20. The van der Waals surface area contributed by atoms with E-state index in [-0.39, 0.29) is 16.7 Å². The first-order valence-corrected chi connectivity index (χ1v) is 13.7. The molecule has 2 N–H and O–H groups in total. The molecule has 12 heteroatoms. The van der Waals surface area contributed by atoms with E-state index in [1.807, 2.05) is 24.3 Å². The Labute approximate surface area is 212 Å². The van der Waals surface area contributed by atoms with Gasteiger partial charge in [0.2, 0.25) is 5.91 Å². The highest BCUT2D eigenvalue weighted by Gasteiger charge is 2.27. The zero-order valence-electron chi connectivity index (χ0n) is 19.1. The van der Waals surface area contributed by atoms with Crippen LogP contribution in [0.4, 0.5) is 16.6 Å². The van der Waals surface area contributed by atoms with Crippen molar-refractivity contribution in [2.45, 2.75) is 17.7 Å². The van der Waals surface area contributed by atoms with Crippen molar-refractivity contribution in [1.29, 1.82) is 0 Å². The van der Waals surface area contributed by atoms with Crippen LogP contribution in [0.15, 0.2) is 77.4 Å². The molecular formula is C24H23N7O3S2. The van der Waals surface area contributed by atoms with E-state index in [4.69, 9.17) is 0 Å². The summed E-state index contributed by atoms with van der Waals surface area (Å²) in [6.45, 7) is 1.32. The SMILES string of the molecule is O=C(Nc1ccc(S(=O)(=O)Nc2nccs2)cc1)C1CCCN(c2ccc(-c3cccnc3)nn2)C1. The smallest absolute Gasteiger partial charge is 0.263 e. The van der Waals surface area contributed by atoms with E-state index in [0.29, 0.717) is 17.4 Å². The lowest BCUT2D eigenvalue weighted by Crippen LogP contribution is -2.41. The number of pyridine rings is 1. The second-order valence-electron chi connectivity index (χ2n) is 8.26. The molecule has 0 radical (unpaired) electrons. The van der Waals surface area contributed by atoms with Gasteiger partial charge < -0.3 is 10.2 Å². The molecule has 1 atom stereocenters. The van der Waals surface area contributed by atoms with Crippen LogP contribution in [0.3, 0.4) is 0 Å². The van der Waals surface area contributed by atoms with Crippen molar-refractivity contribution in [1.82, 2.24) is 20.2 Å². The lowest BCUT2D eigenvalue weighted by Gasteiger charge is -2.32. The molecule has 1 amide bonds. The number of nitrogens with zero attached hydrogens (tertiary/aromatic N) is 5. The molecule has 4 heterocycles. The van der Waals surface area contributed by atoms with Gasteiger partial charge in [-0.2, -0.15) is 0 Å². The molecule has 1 fully saturated rings. The largest absolute Gasteiger partial charge is 0.354 e. The van der Waals surface area contributed by atoms with Crippen LogP contribution >= 0.6 is 11.3 Å². The van der Waals surface area contributed by atoms with Gasteiger partial charge in [0.1, 0.15) is 0 Å². The number of thiazole rings is 1. The van der Waals surface area contributed by atoms with Gasteiger partial charge in [0.25, 0.3) is 10.0 Å². The first-order valence-electron chi connectivity index (χ1n) is 11.3. The van der Waals surface area contributed by atoms with Gasteiger partial charge in [-0.1, -0.05) is 0 Å². The molecule has 5 rings (SSSR count). The molecule has 1 aromatic carbocycles. The Kier molecular flexibility index (Phi) is 6.87. The molecule has 0 bridgehead atoms. The molecular weight excluding hydrogens is 498 g/mol. The molecule has 0 aliphatic carbocycles. The van der Waals surface area contributed by atoms with E-state index in [1.54, 1.807) is 29.9 Å². The maximum atomic E-state index is 13.0. The van der Waals surface area contributed by atoms with Crippen molar-refractivity contribution in [2.24, 2.45) is 5.92 Å². The van der Waals surface area contributed by atoms with Crippen molar-refractivity contribution in [3.8, 4) is 11.3 Å². The predicted octanol–water partition coefficient (Wildman–Crippen LogP) is 3.65. The third kappa shape index (κ3) is 5.50. The molecule has 1 aliphatic heterocycles. The summed E-state index contributed by atoms with van der Waals surface area (Å²) < 4.78 is 27.4. The number of sulfonamides is 1. The average Bonchev–Trinajstić information content (AvgIpc) is 3.42. The van der Waals surface area contributed by atoms with Crippen LogP contribution in [0.25, 0.3) is 11.3 Å². The number of amides is 1. The van der Waals surface area contributed by atoms with Crippen LogP contribution in [0.1, 0.15) is 12.8 Å². The summed E-state index contributed by atoms with van der Waals surface area (Å²) in [7, 11) is -3.75. The lowest BCUT2D eigenvalue weighted by atomic mass is 9.97. The number of hydrogen-bond acceptors (Lipinski definition) is 9. The van der Waals surface area contributed by atoms with Gasteiger partial charge in [-0.05, 0) is 61.4 Å². The molecule has 0 saturated carbocycles. The van der Waals surface area contributed by atoms with Crippen LogP contribution in [-0.2, 0) is 14.8 Å². The summed E-state index contributed by atoms with van der Waals surface area (Å²) in [5, 5.41) is 13.6. The van der Waals surface area contributed by atoms with Gasteiger partial charge in [0.15, 0.2) is 10.9 Å². The van der Waals surface area contributed by atoms with Crippen molar-refractivity contribution >= 4 is 43.9 Å². The van der Waals surface area contributed by atoms with Crippen LogP contribution in [0, 0.1) is 5.92 Å². The molecule has 1 aliphatic rings. The van der Waals surface area contributed by atoms with Gasteiger partial charge in [-0.15, -0.1) is 21.5 Å². The molecule has 1 saturated heterocycles. The average molecular weight is 522 g/mol. The number of carbonyl (C=O) groups excluding carboxylic acids is 1. The molecule has 10 nitrogen and oxygen atoms in total. The normalized spacial score (nSPS) is 15.9. The van der Waals surface area contributed by atoms with E-state index in [0.717, 1.165) is 36.5 Å². The Bertz CT molecular complexity index is 1410. The van der Waals surface area contributed by atoms with Crippen LogP contribution < -0.4 is 14.9 Å². The van der Waals surface area contributed by atoms with Crippen LogP contribution in [0.5, 0.6) is 0 Å². The minimum atomic E-state index is -3.75. The number of aromatic nitrogens is 4. The first-order chi connectivity index (χ1) is 17.5. The highest BCUT2D eigenvalue weighted by Crippen LogP contribution is 2.25. The number of piperidine rings is 1. The second kappa shape index (κ2) is 10.4. The van der Waals surface area contributed by atoms with E-state index in [2.05, 4.69) is 35.1 Å². The van der Waals surface area contributed by atoms with Crippen LogP contribution in [0.2, 0.25) is 0 Å². The Morgan fingerprint density at radius 2 is 1.92 bits per heavy atom. The summed E-state index contributed by atoms with van der Waals surface area (Å²) in [6, 6.07) is 13.7. The Morgan fingerprint density at radius 1 is 1.06 bits per heavy atom.